The van der Waals surface area contributed by atoms with E-state index in [1.165, 1.54) is 12.1 Å². The molecule has 0 radical (unpaired) electrons. The van der Waals surface area contributed by atoms with Gasteiger partial charge < -0.3 is 4.74 Å². The Hall–Kier alpha value is -4.78. The van der Waals surface area contributed by atoms with Gasteiger partial charge in [0.25, 0.3) is 5.69 Å². The van der Waals surface area contributed by atoms with Crippen LogP contribution in [0.2, 0.25) is 0 Å². The summed E-state index contributed by atoms with van der Waals surface area (Å²) in [5.74, 6) is -0.0533. The zero-order chi connectivity index (χ0) is 25.6. The van der Waals surface area contributed by atoms with E-state index < -0.39 is 22.5 Å². The molecule has 7 heteroatoms. The highest BCUT2D eigenvalue weighted by atomic mass is 16.6. The summed E-state index contributed by atoms with van der Waals surface area (Å²) in [6, 6.07) is 33.1. The summed E-state index contributed by atoms with van der Waals surface area (Å²) in [5.41, 5.74) is 2.40. The number of hydrazone groups is 1. The number of fused-ring (bicyclic) bond motifs is 1. The average molecular weight is 490 g/mol. The molecule has 37 heavy (non-hydrogen) atoms. The van der Waals surface area contributed by atoms with Crippen molar-refractivity contribution in [2.45, 2.75) is 17.6 Å². The number of hydrogen-bond donors (Lipinski definition) is 0. The van der Waals surface area contributed by atoms with Crippen molar-refractivity contribution in [3.8, 4) is 5.75 Å². The number of likely N-dealkylation sites (N-methyl/N-ethyl adjacent to an activating group) is 1. The van der Waals surface area contributed by atoms with E-state index in [9.17, 15) is 14.9 Å². The number of hydrogen-bond acceptors (Lipinski definition) is 6. The van der Waals surface area contributed by atoms with E-state index in [-0.39, 0.29) is 11.5 Å². The predicted molar refractivity (Wildman–Crippen MR) is 140 cm³/mol. The predicted octanol–water partition coefficient (Wildman–Crippen LogP) is 5.78. The molecule has 0 aromatic heterocycles. The summed E-state index contributed by atoms with van der Waals surface area (Å²) in [6.45, 7) is 0. The first-order valence-corrected chi connectivity index (χ1v) is 12.0. The Labute approximate surface area is 213 Å². The van der Waals surface area contributed by atoms with E-state index in [0.29, 0.717) is 22.6 Å². The van der Waals surface area contributed by atoms with Crippen LogP contribution in [-0.4, -0.2) is 34.0 Å². The van der Waals surface area contributed by atoms with Crippen LogP contribution < -0.4 is 4.74 Å². The van der Waals surface area contributed by atoms with Crippen LogP contribution in [-0.2, 0) is 0 Å². The van der Waals surface area contributed by atoms with Crippen molar-refractivity contribution in [1.29, 1.82) is 0 Å². The summed E-state index contributed by atoms with van der Waals surface area (Å²) in [6.07, 6.45) is -0.661. The summed E-state index contributed by atoms with van der Waals surface area (Å²) in [7, 11) is 1.81. The molecule has 0 saturated carbocycles. The second-order valence-corrected chi connectivity index (χ2v) is 9.22. The monoisotopic (exact) mass is 489 g/mol. The molecule has 0 aliphatic carbocycles. The van der Waals surface area contributed by atoms with E-state index in [2.05, 4.69) is 0 Å². The van der Waals surface area contributed by atoms with E-state index in [0.717, 1.165) is 11.1 Å². The lowest BCUT2D eigenvalue weighted by Gasteiger charge is -2.47. The number of para-hydroxylation sites is 1. The zero-order valence-corrected chi connectivity index (χ0v) is 20.0. The summed E-state index contributed by atoms with van der Waals surface area (Å²) < 4.78 is 6.66. The SMILES string of the molecule is CN1N=C(c2ccc([N+](=O)[O-])cc2)C(c2ccccc2)C12C(=O)c1ccccc1O[C@H]2c1ccccc1. The maximum Gasteiger partial charge on any atom is 0.269 e. The van der Waals surface area contributed by atoms with Crippen LogP contribution in [0.3, 0.4) is 0 Å². The molecule has 4 aromatic rings. The summed E-state index contributed by atoms with van der Waals surface area (Å²) in [5, 5.41) is 18.0. The van der Waals surface area contributed by atoms with Gasteiger partial charge in [-0.1, -0.05) is 72.8 Å². The number of carbonyl (C=O) groups excluding carboxylic acids is 1. The maximum absolute atomic E-state index is 14.7. The Morgan fingerprint density at radius 2 is 1.43 bits per heavy atom. The fraction of sp³-hybridized carbons (Fsp3) is 0.133. The standard InChI is InChI=1S/C30H23N3O4/c1-32-30(28(34)24-14-8-9-15-25(24)37-29(30)22-12-6-3-7-13-22)26(20-10-4-2-5-11-20)27(31-32)21-16-18-23(19-17-21)33(35)36/h2-19,26,29H,1H3/t26?,29-,30?/m0/s1. The van der Waals surface area contributed by atoms with Crippen molar-refractivity contribution < 1.29 is 14.5 Å². The first-order chi connectivity index (χ1) is 18.0. The number of nitro groups is 1. The van der Waals surface area contributed by atoms with Gasteiger partial charge in [0.1, 0.15) is 5.75 Å². The minimum atomic E-state index is -1.23. The molecule has 0 N–H and O–H groups in total. The highest BCUT2D eigenvalue weighted by Gasteiger charge is 2.64. The van der Waals surface area contributed by atoms with Crippen LogP contribution >= 0.6 is 0 Å². The highest BCUT2D eigenvalue weighted by Crippen LogP contribution is 2.54. The molecule has 2 aliphatic rings. The molecule has 1 spiro atoms. The van der Waals surface area contributed by atoms with Gasteiger partial charge in [-0.05, 0) is 41.0 Å². The summed E-state index contributed by atoms with van der Waals surface area (Å²) in [4.78, 5) is 25.5. The third-order valence-corrected chi connectivity index (χ3v) is 7.26. The summed E-state index contributed by atoms with van der Waals surface area (Å²) >= 11 is 0. The molecule has 2 unspecified atom stereocenters. The molecule has 4 aromatic carbocycles. The van der Waals surface area contributed by atoms with Gasteiger partial charge in [-0.3, -0.25) is 19.9 Å². The fourth-order valence-corrected chi connectivity index (χ4v) is 5.59. The number of ether oxygens (including phenoxy) is 1. The Morgan fingerprint density at radius 1 is 0.838 bits per heavy atom. The lowest BCUT2D eigenvalue weighted by atomic mass is 9.66. The van der Waals surface area contributed by atoms with Crippen molar-refractivity contribution in [1.82, 2.24) is 5.01 Å². The van der Waals surface area contributed by atoms with E-state index in [1.54, 1.807) is 30.3 Å². The number of nitrogens with zero attached hydrogens (tertiary/aromatic N) is 3. The van der Waals surface area contributed by atoms with E-state index >= 15 is 0 Å². The zero-order valence-electron chi connectivity index (χ0n) is 20.0. The second-order valence-electron chi connectivity index (χ2n) is 9.22. The van der Waals surface area contributed by atoms with Crippen molar-refractivity contribution in [3.05, 3.63) is 142 Å². The molecular weight excluding hydrogens is 466 g/mol. The third kappa shape index (κ3) is 3.42. The molecule has 2 aliphatic heterocycles. The lowest BCUT2D eigenvalue weighted by Crippen LogP contribution is -2.60. The van der Waals surface area contributed by atoms with Crippen molar-refractivity contribution >= 4 is 17.2 Å². The Bertz CT molecular complexity index is 1520. The quantitative estimate of drug-likeness (QED) is 0.268. The second kappa shape index (κ2) is 8.71. The maximum atomic E-state index is 14.7. The van der Waals surface area contributed by atoms with Gasteiger partial charge in [0.15, 0.2) is 17.4 Å². The Morgan fingerprint density at radius 3 is 2.08 bits per heavy atom. The largest absolute Gasteiger partial charge is 0.482 e. The molecule has 0 fully saturated rings. The first-order valence-electron chi connectivity index (χ1n) is 12.0. The van der Waals surface area contributed by atoms with Gasteiger partial charge >= 0.3 is 0 Å². The van der Waals surface area contributed by atoms with Crippen LogP contribution in [0, 0.1) is 10.1 Å². The highest BCUT2D eigenvalue weighted by molar-refractivity contribution is 6.17. The van der Waals surface area contributed by atoms with Gasteiger partial charge in [-0.25, -0.2) is 0 Å². The molecule has 0 amide bonds. The van der Waals surface area contributed by atoms with Crippen molar-refractivity contribution in [2.24, 2.45) is 5.10 Å². The lowest BCUT2D eigenvalue weighted by molar-refractivity contribution is -0.384. The number of rotatable bonds is 4. The van der Waals surface area contributed by atoms with Crippen LogP contribution in [0.1, 0.15) is 39.1 Å². The Kier molecular flexibility index (Phi) is 5.34. The fourth-order valence-electron chi connectivity index (χ4n) is 5.59. The first kappa shape index (κ1) is 22.7. The van der Waals surface area contributed by atoms with Gasteiger partial charge in [0, 0.05) is 19.2 Å². The molecule has 6 rings (SSSR count). The number of Topliss-reactive ketones (excluding diaryl/α,β-unsaturated/α-hetero) is 1. The topological polar surface area (TPSA) is 85.0 Å². The van der Waals surface area contributed by atoms with Crippen LogP contribution in [0.4, 0.5) is 5.69 Å². The number of benzene rings is 4. The number of nitro benzene ring substituents is 1. The normalized spacial score (nSPS) is 22.4. The van der Waals surface area contributed by atoms with Crippen LogP contribution in [0.5, 0.6) is 5.75 Å². The van der Waals surface area contributed by atoms with E-state index in [4.69, 9.17) is 9.84 Å². The molecule has 182 valence electrons. The van der Waals surface area contributed by atoms with Gasteiger partial charge in [0.2, 0.25) is 0 Å². The third-order valence-electron chi connectivity index (χ3n) is 7.26. The number of carbonyl (C=O) groups is 1. The molecular formula is C30H23N3O4. The molecule has 3 atom stereocenters. The minimum absolute atomic E-state index is 0.00478. The number of non-ortho nitro benzene ring substituents is 1. The van der Waals surface area contributed by atoms with Crippen molar-refractivity contribution in [2.75, 3.05) is 7.05 Å². The van der Waals surface area contributed by atoms with Gasteiger partial charge in [-0.2, -0.15) is 5.10 Å². The van der Waals surface area contributed by atoms with Crippen LogP contribution in [0.25, 0.3) is 0 Å². The molecule has 7 nitrogen and oxygen atoms in total. The smallest absolute Gasteiger partial charge is 0.269 e. The van der Waals surface area contributed by atoms with Gasteiger partial charge in [-0.15, -0.1) is 0 Å². The molecule has 2 heterocycles. The number of ketones is 1. The van der Waals surface area contributed by atoms with Crippen LogP contribution in [0.15, 0.2) is 114 Å². The Balaban J connectivity index is 1.61. The van der Waals surface area contributed by atoms with E-state index in [1.807, 2.05) is 78.9 Å². The van der Waals surface area contributed by atoms with Gasteiger partial charge in [0.05, 0.1) is 22.1 Å². The minimum Gasteiger partial charge on any atom is -0.482 e. The van der Waals surface area contributed by atoms with Crippen molar-refractivity contribution in [3.63, 3.8) is 0 Å². The molecule has 0 saturated heterocycles. The average Bonchev–Trinajstić information content (AvgIpc) is 3.25. The molecule has 0 bridgehead atoms.